The lowest BCUT2D eigenvalue weighted by Gasteiger charge is -2.41. The van der Waals surface area contributed by atoms with Gasteiger partial charge in [0.1, 0.15) is 17.6 Å². The molecule has 0 bridgehead atoms. The number of piperazine rings is 1. The normalized spacial score (nSPS) is 17.6. The Kier molecular flexibility index (Phi) is 6.58. The predicted molar refractivity (Wildman–Crippen MR) is 116 cm³/mol. The maximum atomic E-state index is 9.60. The summed E-state index contributed by atoms with van der Waals surface area (Å²) in [5.41, 5.74) is 2.91. The molecule has 0 N–H and O–H groups in total. The molecule has 28 heavy (non-hydrogen) atoms. The van der Waals surface area contributed by atoms with Crippen LogP contribution in [0.5, 0.6) is 5.75 Å². The van der Waals surface area contributed by atoms with E-state index in [0.717, 1.165) is 47.9 Å². The summed E-state index contributed by atoms with van der Waals surface area (Å²) in [4.78, 5) is 9.59. The highest BCUT2D eigenvalue weighted by Crippen LogP contribution is 2.30. The number of hydrogen-bond acceptors (Lipinski definition) is 5. The van der Waals surface area contributed by atoms with Crippen LogP contribution in [0.25, 0.3) is 0 Å². The van der Waals surface area contributed by atoms with Crippen LogP contribution in [-0.4, -0.2) is 42.7 Å². The summed E-state index contributed by atoms with van der Waals surface area (Å²) < 4.78 is 6.15. The molecule has 0 radical (unpaired) electrons. The van der Waals surface area contributed by atoms with Crippen LogP contribution in [0.2, 0.25) is 0 Å². The molecule has 3 rings (SSSR count). The molecule has 148 valence electrons. The minimum atomic E-state index is 0.301. The summed E-state index contributed by atoms with van der Waals surface area (Å²) in [6.45, 7) is 10.1. The van der Waals surface area contributed by atoms with Gasteiger partial charge in [0.15, 0.2) is 0 Å². The van der Waals surface area contributed by atoms with Crippen LogP contribution in [0, 0.1) is 11.3 Å². The van der Waals surface area contributed by atoms with Gasteiger partial charge in [0.05, 0.1) is 18.4 Å². The Bertz CT molecular complexity index is 860. The minimum absolute atomic E-state index is 0.301. The Morgan fingerprint density at radius 3 is 2.57 bits per heavy atom. The molecule has 1 aliphatic rings. The molecule has 1 saturated heterocycles. The van der Waals surface area contributed by atoms with E-state index >= 15 is 0 Å². The van der Waals surface area contributed by atoms with Gasteiger partial charge >= 0.3 is 0 Å². The van der Waals surface area contributed by atoms with E-state index < -0.39 is 0 Å². The summed E-state index contributed by atoms with van der Waals surface area (Å²) in [6.07, 6.45) is 0. The highest BCUT2D eigenvalue weighted by atomic mass is 79.9. The molecule has 0 aliphatic carbocycles. The van der Waals surface area contributed by atoms with Crippen molar-refractivity contribution < 1.29 is 4.74 Å². The number of rotatable bonds is 5. The average molecular weight is 443 g/mol. The maximum absolute atomic E-state index is 9.60. The SMILES string of the molecule is COc1ccc(CN2CCN(c3nc(C(C)C)c(Br)cc3C#N)CC2C)cc1. The maximum Gasteiger partial charge on any atom is 0.147 e. The van der Waals surface area contributed by atoms with Gasteiger partial charge < -0.3 is 9.64 Å². The first kappa shape index (κ1) is 20.6. The van der Waals surface area contributed by atoms with Crippen molar-refractivity contribution in [3.05, 3.63) is 51.6 Å². The van der Waals surface area contributed by atoms with E-state index in [1.807, 2.05) is 18.2 Å². The number of halogens is 1. The van der Waals surface area contributed by atoms with Gasteiger partial charge in [0.2, 0.25) is 0 Å². The molecule has 0 amide bonds. The highest BCUT2D eigenvalue weighted by molar-refractivity contribution is 9.10. The number of methoxy groups -OCH3 is 1. The molecule has 1 aromatic carbocycles. The topological polar surface area (TPSA) is 52.4 Å². The van der Waals surface area contributed by atoms with Crippen molar-refractivity contribution in [1.82, 2.24) is 9.88 Å². The zero-order valence-corrected chi connectivity index (χ0v) is 18.5. The zero-order chi connectivity index (χ0) is 20.3. The van der Waals surface area contributed by atoms with Crippen LogP contribution in [0.4, 0.5) is 5.82 Å². The van der Waals surface area contributed by atoms with Gasteiger partial charge in [-0.1, -0.05) is 26.0 Å². The summed E-state index contributed by atoms with van der Waals surface area (Å²) in [5.74, 6) is 1.99. The number of aromatic nitrogens is 1. The first-order valence-electron chi connectivity index (χ1n) is 9.65. The molecule has 0 spiro atoms. The molecule has 6 heteroatoms. The molecule has 1 unspecified atom stereocenters. The molecule has 0 saturated carbocycles. The Balaban J connectivity index is 1.74. The number of benzene rings is 1. The quantitative estimate of drug-likeness (QED) is 0.678. The monoisotopic (exact) mass is 442 g/mol. The van der Waals surface area contributed by atoms with Crippen molar-refractivity contribution in [3.63, 3.8) is 0 Å². The van der Waals surface area contributed by atoms with Crippen LogP contribution in [0.15, 0.2) is 34.8 Å². The zero-order valence-electron chi connectivity index (χ0n) is 16.9. The van der Waals surface area contributed by atoms with Gasteiger partial charge in [0, 0.05) is 36.7 Å². The van der Waals surface area contributed by atoms with E-state index in [1.165, 1.54) is 5.56 Å². The predicted octanol–water partition coefficient (Wildman–Crippen LogP) is 4.56. The van der Waals surface area contributed by atoms with Crippen LogP contribution < -0.4 is 9.64 Å². The van der Waals surface area contributed by atoms with Gasteiger partial charge in [0.25, 0.3) is 0 Å². The molecular formula is C22H27BrN4O. The van der Waals surface area contributed by atoms with Crippen molar-refractivity contribution in [1.29, 1.82) is 5.26 Å². The van der Waals surface area contributed by atoms with Gasteiger partial charge in [-0.05, 0) is 52.5 Å². The fourth-order valence-corrected chi connectivity index (χ4v) is 4.38. The van der Waals surface area contributed by atoms with Gasteiger partial charge in [-0.15, -0.1) is 0 Å². The van der Waals surface area contributed by atoms with E-state index in [2.05, 4.69) is 64.7 Å². The van der Waals surface area contributed by atoms with E-state index in [9.17, 15) is 5.26 Å². The van der Waals surface area contributed by atoms with Crippen LogP contribution in [-0.2, 0) is 6.54 Å². The second-order valence-electron chi connectivity index (χ2n) is 7.61. The molecule has 2 heterocycles. The second-order valence-corrected chi connectivity index (χ2v) is 8.46. The standard InChI is InChI=1S/C22H27BrN4O/c1-15(2)21-20(23)11-18(12-24)22(25-21)27-10-9-26(16(3)13-27)14-17-5-7-19(28-4)8-6-17/h5-8,11,15-16H,9-10,13-14H2,1-4H3. The van der Waals surface area contributed by atoms with Crippen LogP contribution >= 0.6 is 15.9 Å². The summed E-state index contributed by atoms with van der Waals surface area (Å²) >= 11 is 3.57. The van der Waals surface area contributed by atoms with Gasteiger partial charge in [-0.2, -0.15) is 5.26 Å². The Labute approximate surface area is 176 Å². The molecule has 5 nitrogen and oxygen atoms in total. The molecule has 2 aromatic rings. The third-order valence-electron chi connectivity index (χ3n) is 5.26. The molecular weight excluding hydrogens is 416 g/mol. The van der Waals surface area contributed by atoms with E-state index in [-0.39, 0.29) is 0 Å². The lowest BCUT2D eigenvalue weighted by Crippen LogP contribution is -2.52. The number of nitriles is 1. The lowest BCUT2D eigenvalue weighted by atomic mass is 10.1. The second kappa shape index (κ2) is 8.93. The fraction of sp³-hybridized carbons (Fsp3) is 0.455. The van der Waals surface area contributed by atoms with Crippen molar-refractivity contribution in [3.8, 4) is 11.8 Å². The number of anilines is 1. The largest absolute Gasteiger partial charge is 0.497 e. The molecule has 1 fully saturated rings. The Morgan fingerprint density at radius 2 is 2.00 bits per heavy atom. The Morgan fingerprint density at radius 1 is 1.29 bits per heavy atom. The van der Waals surface area contributed by atoms with Crippen LogP contribution in [0.1, 0.15) is 43.5 Å². The van der Waals surface area contributed by atoms with Crippen molar-refractivity contribution >= 4 is 21.7 Å². The van der Waals surface area contributed by atoms with E-state index in [0.29, 0.717) is 17.5 Å². The van der Waals surface area contributed by atoms with Crippen molar-refractivity contribution in [2.75, 3.05) is 31.6 Å². The van der Waals surface area contributed by atoms with Crippen molar-refractivity contribution in [2.45, 2.75) is 39.3 Å². The average Bonchev–Trinajstić information content (AvgIpc) is 2.69. The van der Waals surface area contributed by atoms with E-state index in [4.69, 9.17) is 9.72 Å². The number of ether oxygens (including phenoxy) is 1. The summed E-state index contributed by atoms with van der Waals surface area (Å²) in [6, 6.07) is 12.9. The molecule has 1 aliphatic heterocycles. The van der Waals surface area contributed by atoms with Gasteiger partial charge in [-0.3, -0.25) is 4.90 Å². The van der Waals surface area contributed by atoms with Gasteiger partial charge in [-0.25, -0.2) is 4.98 Å². The van der Waals surface area contributed by atoms with Crippen LogP contribution in [0.3, 0.4) is 0 Å². The van der Waals surface area contributed by atoms with Crippen molar-refractivity contribution in [2.24, 2.45) is 0 Å². The lowest BCUT2D eigenvalue weighted by molar-refractivity contribution is 0.180. The fourth-order valence-electron chi connectivity index (χ4n) is 3.61. The first-order valence-corrected chi connectivity index (χ1v) is 10.4. The summed E-state index contributed by atoms with van der Waals surface area (Å²) in [7, 11) is 1.69. The first-order chi connectivity index (χ1) is 13.4. The molecule has 1 atom stereocenters. The van der Waals surface area contributed by atoms with E-state index in [1.54, 1.807) is 7.11 Å². The third kappa shape index (κ3) is 4.48. The highest BCUT2D eigenvalue weighted by Gasteiger charge is 2.27. The smallest absolute Gasteiger partial charge is 0.147 e. The molecule has 1 aromatic heterocycles. The number of pyridine rings is 1. The Hall–Kier alpha value is -2.10. The third-order valence-corrected chi connectivity index (χ3v) is 5.89. The summed E-state index contributed by atoms with van der Waals surface area (Å²) in [5, 5.41) is 9.60. The minimum Gasteiger partial charge on any atom is -0.497 e. The number of nitrogens with zero attached hydrogens (tertiary/aromatic N) is 4. The number of hydrogen-bond donors (Lipinski definition) is 0.